The lowest BCUT2D eigenvalue weighted by molar-refractivity contribution is -0.113. The molecule has 3 aromatic heterocycles. The number of nitrogens with zero attached hydrogens (tertiary/aromatic N) is 5. The highest BCUT2D eigenvalue weighted by molar-refractivity contribution is 7.99. The van der Waals surface area contributed by atoms with Gasteiger partial charge in [0.05, 0.1) is 28.6 Å². The van der Waals surface area contributed by atoms with E-state index in [1.54, 1.807) is 10.9 Å². The molecule has 5 rings (SSSR count). The van der Waals surface area contributed by atoms with Crippen LogP contribution in [0.25, 0.3) is 11.5 Å². The molecule has 12 heteroatoms. The summed E-state index contributed by atoms with van der Waals surface area (Å²) >= 11 is 9.31. The van der Waals surface area contributed by atoms with Crippen LogP contribution in [0.3, 0.4) is 0 Å². The summed E-state index contributed by atoms with van der Waals surface area (Å²) in [5.74, 6) is 0.266. The van der Waals surface area contributed by atoms with E-state index in [0.29, 0.717) is 26.6 Å². The van der Waals surface area contributed by atoms with Gasteiger partial charge in [0.2, 0.25) is 5.91 Å². The minimum Gasteiger partial charge on any atom is -0.459 e. The van der Waals surface area contributed by atoms with Crippen molar-refractivity contribution < 1.29 is 14.3 Å². The SMILES string of the molecule is CC(C)OC(=O)c1c(NC(=O)CSc2nnc(-c3c(Cl)cnn3C)n2C2CCCCC2)sc2c1CCCC2. The number of nitrogens with one attached hydrogen (secondary N) is 1. The van der Waals surface area contributed by atoms with E-state index in [9.17, 15) is 9.59 Å². The minimum absolute atomic E-state index is 0.144. The van der Waals surface area contributed by atoms with Crippen molar-refractivity contribution in [3.8, 4) is 11.5 Å². The average Bonchev–Trinajstić information content (AvgIpc) is 3.57. The van der Waals surface area contributed by atoms with Crippen LogP contribution in [0.2, 0.25) is 5.02 Å². The molecule has 3 heterocycles. The molecule has 0 aliphatic heterocycles. The number of carbonyl (C=O) groups is 2. The van der Waals surface area contributed by atoms with Crippen LogP contribution in [0.5, 0.6) is 0 Å². The first kappa shape index (κ1) is 27.2. The zero-order valence-electron chi connectivity index (χ0n) is 22.0. The zero-order valence-corrected chi connectivity index (χ0v) is 24.3. The third-order valence-electron chi connectivity index (χ3n) is 7.01. The van der Waals surface area contributed by atoms with E-state index in [1.807, 2.05) is 20.9 Å². The Morgan fingerprint density at radius 1 is 1.18 bits per heavy atom. The Balaban J connectivity index is 1.37. The van der Waals surface area contributed by atoms with E-state index in [0.717, 1.165) is 62.6 Å². The maximum Gasteiger partial charge on any atom is 0.341 e. The van der Waals surface area contributed by atoms with Gasteiger partial charge in [-0.15, -0.1) is 21.5 Å². The van der Waals surface area contributed by atoms with Crippen LogP contribution in [0.15, 0.2) is 11.4 Å². The van der Waals surface area contributed by atoms with Gasteiger partial charge in [-0.2, -0.15) is 5.10 Å². The van der Waals surface area contributed by atoms with Crippen LogP contribution in [-0.4, -0.2) is 48.3 Å². The monoisotopic (exact) mass is 576 g/mol. The lowest BCUT2D eigenvalue weighted by atomic mass is 9.95. The quantitative estimate of drug-likeness (QED) is 0.256. The molecule has 1 saturated carbocycles. The summed E-state index contributed by atoms with van der Waals surface area (Å²) in [4.78, 5) is 27.3. The molecule has 0 radical (unpaired) electrons. The highest BCUT2D eigenvalue weighted by atomic mass is 35.5. The number of carbonyl (C=O) groups excluding carboxylic acids is 2. The van der Waals surface area contributed by atoms with E-state index in [4.69, 9.17) is 16.3 Å². The summed E-state index contributed by atoms with van der Waals surface area (Å²) in [5.41, 5.74) is 2.28. The molecule has 38 heavy (non-hydrogen) atoms. The topological polar surface area (TPSA) is 104 Å². The number of fused-ring (bicyclic) bond motifs is 1. The van der Waals surface area contributed by atoms with Crippen LogP contribution in [0.4, 0.5) is 5.00 Å². The predicted octanol–water partition coefficient (Wildman–Crippen LogP) is 6.07. The maximum atomic E-state index is 13.2. The van der Waals surface area contributed by atoms with E-state index in [1.165, 1.54) is 34.4 Å². The maximum absolute atomic E-state index is 13.2. The van der Waals surface area contributed by atoms with Crippen LogP contribution in [0, 0.1) is 0 Å². The summed E-state index contributed by atoms with van der Waals surface area (Å²) < 4.78 is 9.37. The summed E-state index contributed by atoms with van der Waals surface area (Å²) in [6.45, 7) is 3.67. The van der Waals surface area contributed by atoms with E-state index in [-0.39, 0.29) is 29.8 Å². The van der Waals surface area contributed by atoms with Crippen molar-refractivity contribution in [1.82, 2.24) is 24.5 Å². The number of aromatic nitrogens is 5. The van der Waals surface area contributed by atoms with Gasteiger partial charge in [-0.1, -0.05) is 42.6 Å². The van der Waals surface area contributed by atoms with Gasteiger partial charge in [-0.05, 0) is 57.9 Å². The molecule has 3 aromatic rings. The Morgan fingerprint density at radius 3 is 2.66 bits per heavy atom. The largest absolute Gasteiger partial charge is 0.459 e. The highest BCUT2D eigenvalue weighted by Gasteiger charge is 2.29. The third-order valence-corrected chi connectivity index (χ3v) is 9.44. The van der Waals surface area contributed by atoms with Gasteiger partial charge < -0.3 is 10.1 Å². The first-order chi connectivity index (χ1) is 18.3. The van der Waals surface area contributed by atoms with Gasteiger partial charge in [0.15, 0.2) is 11.0 Å². The highest BCUT2D eigenvalue weighted by Crippen LogP contribution is 2.40. The minimum atomic E-state index is -0.364. The number of amides is 1. The Hall–Kier alpha value is -2.37. The molecule has 204 valence electrons. The van der Waals surface area contributed by atoms with Gasteiger partial charge in [0.25, 0.3) is 0 Å². The molecule has 0 spiro atoms. The molecular formula is C26H33ClN6O3S2. The van der Waals surface area contributed by atoms with E-state index < -0.39 is 0 Å². The van der Waals surface area contributed by atoms with Crippen molar-refractivity contribution in [2.45, 2.75) is 88.9 Å². The number of halogens is 1. The number of aryl methyl sites for hydroxylation is 2. The summed E-state index contributed by atoms with van der Waals surface area (Å²) in [6.07, 6.45) is 10.8. The number of esters is 1. The molecule has 0 saturated heterocycles. The van der Waals surface area contributed by atoms with Gasteiger partial charge >= 0.3 is 5.97 Å². The average molecular weight is 577 g/mol. The second-order valence-electron chi connectivity index (χ2n) is 10.1. The van der Waals surface area contributed by atoms with Crippen LogP contribution < -0.4 is 5.32 Å². The first-order valence-electron chi connectivity index (χ1n) is 13.2. The Kier molecular flexibility index (Phi) is 8.44. The number of thiophene rings is 1. The first-order valence-corrected chi connectivity index (χ1v) is 15.4. The lowest BCUT2D eigenvalue weighted by Gasteiger charge is -2.25. The molecule has 1 fully saturated rings. The molecule has 2 aliphatic rings. The molecule has 0 aromatic carbocycles. The fourth-order valence-electron chi connectivity index (χ4n) is 5.30. The second-order valence-corrected chi connectivity index (χ2v) is 12.6. The van der Waals surface area contributed by atoms with Crippen molar-refractivity contribution >= 4 is 51.6 Å². The summed E-state index contributed by atoms with van der Waals surface area (Å²) in [7, 11) is 1.84. The molecule has 0 unspecified atom stereocenters. The van der Waals surface area contributed by atoms with Gasteiger partial charge in [-0.3, -0.25) is 14.0 Å². The second kappa shape index (κ2) is 11.8. The van der Waals surface area contributed by atoms with Gasteiger partial charge in [0, 0.05) is 18.0 Å². The Labute approximate surface area is 235 Å². The van der Waals surface area contributed by atoms with Crippen LogP contribution in [-0.2, 0) is 29.4 Å². The smallest absolute Gasteiger partial charge is 0.341 e. The Morgan fingerprint density at radius 2 is 1.95 bits per heavy atom. The van der Waals surface area contributed by atoms with Crippen molar-refractivity contribution in [2.24, 2.45) is 7.05 Å². The number of thioether (sulfide) groups is 1. The van der Waals surface area contributed by atoms with Crippen molar-refractivity contribution in [1.29, 1.82) is 0 Å². The van der Waals surface area contributed by atoms with Crippen molar-refractivity contribution in [3.05, 3.63) is 27.2 Å². The standard InChI is InChI=1S/C26H33ClN6O3S2/c1-15(2)36-25(35)21-17-11-7-8-12-19(17)38-24(21)29-20(34)14-37-26-31-30-23(22-18(27)13-28-32(22)3)33(26)16-9-5-4-6-10-16/h13,15-16H,4-12,14H2,1-3H3,(H,29,34). The molecule has 1 N–H and O–H groups in total. The lowest BCUT2D eigenvalue weighted by Crippen LogP contribution is -2.19. The molecule has 2 aliphatic carbocycles. The van der Waals surface area contributed by atoms with Crippen LogP contribution >= 0.6 is 34.7 Å². The number of hydrogen-bond donors (Lipinski definition) is 1. The van der Waals surface area contributed by atoms with Gasteiger partial charge in [0.1, 0.15) is 10.7 Å². The van der Waals surface area contributed by atoms with Crippen LogP contribution in [0.1, 0.15) is 85.6 Å². The van der Waals surface area contributed by atoms with Crippen molar-refractivity contribution in [2.75, 3.05) is 11.1 Å². The van der Waals surface area contributed by atoms with E-state index >= 15 is 0 Å². The van der Waals surface area contributed by atoms with Gasteiger partial charge in [-0.25, -0.2) is 4.79 Å². The molecule has 1 amide bonds. The fourth-order valence-corrected chi connectivity index (χ4v) is 7.65. The number of rotatable bonds is 8. The molecule has 0 atom stereocenters. The van der Waals surface area contributed by atoms with E-state index in [2.05, 4.69) is 25.2 Å². The number of ether oxygens (including phenoxy) is 1. The molecule has 9 nitrogen and oxygen atoms in total. The zero-order chi connectivity index (χ0) is 26.8. The Bertz CT molecular complexity index is 1310. The number of anilines is 1. The number of hydrogen-bond acceptors (Lipinski definition) is 8. The predicted molar refractivity (Wildman–Crippen MR) is 150 cm³/mol. The van der Waals surface area contributed by atoms with Crippen molar-refractivity contribution in [3.63, 3.8) is 0 Å². The third kappa shape index (κ3) is 5.65. The fraction of sp³-hybridized carbons (Fsp3) is 0.577. The normalized spacial score (nSPS) is 16.0. The summed E-state index contributed by atoms with van der Waals surface area (Å²) in [5, 5.41) is 18.0. The molecule has 0 bridgehead atoms. The summed E-state index contributed by atoms with van der Waals surface area (Å²) in [6, 6.07) is 0.242. The molecular weight excluding hydrogens is 544 g/mol.